The Labute approximate surface area is 162 Å². The summed E-state index contributed by atoms with van der Waals surface area (Å²) in [4.78, 5) is 23.4. The highest BCUT2D eigenvalue weighted by molar-refractivity contribution is 8.00. The number of rotatable bonds is 6. The van der Waals surface area contributed by atoms with Crippen LogP contribution in [0.15, 0.2) is 53.7 Å². The molecule has 1 amide bonds. The molecule has 7 heteroatoms. The fraction of sp³-hybridized carbons (Fsp3) is 0.250. The number of thioether (sulfide) groups is 1. The van der Waals surface area contributed by atoms with E-state index >= 15 is 0 Å². The topological polar surface area (TPSA) is 58.1 Å². The number of para-hydroxylation sites is 1. The van der Waals surface area contributed by atoms with Gasteiger partial charge in [0.05, 0.1) is 10.8 Å². The molecule has 2 aromatic carbocycles. The summed E-state index contributed by atoms with van der Waals surface area (Å²) < 4.78 is 13.3. The molecule has 0 aliphatic heterocycles. The third-order valence-electron chi connectivity index (χ3n) is 4.13. The number of anilines is 1. The highest BCUT2D eigenvalue weighted by Crippen LogP contribution is 2.27. The Morgan fingerprint density at radius 1 is 1.22 bits per heavy atom. The van der Waals surface area contributed by atoms with Crippen molar-refractivity contribution in [2.24, 2.45) is 0 Å². The maximum atomic E-state index is 13.3. The molecule has 0 fully saturated rings. The summed E-state index contributed by atoms with van der Waals surface area (Å²) in [7, 11) is 3.52. The van der Waals surface area contributed by atoms with E-state index < -0.39 is 0 Å². The molecule has 3 aromatic rings. The summed E-state index contributed by atoms with van der Waals surface area (Å²) in [5.74, 6) is 0.364. The van der Waals surface area contributed by atoms with Crippen molar-refractivity contribution in [1.29, 1.82) is 0 Å². The van der Waals surface area contributed by atoms with Crippen LogP contribution in [0.5, 0.6) is 0 Å². The first kappa shape index (κ1) is 19.1. The summed E-state index contributed by atoms with van der Waals surface area (Å²) in [5.41, 5.74) is 1.58. The quantitative estimate of drug-likeness (QED) is 0.515. The number of hydrogen-bond donors (Lipinski definition) is 1. The summed E-state index contributed by atoms with van der Waals surface area (Å²) in [5, 5.41) is 4.19. The van der Waals surface area contributed by atoms with Crippen LogP contribution in [0.3, 0.4) is 0 Å². The number of benzene rings is 2. The average Bonchev–Trinajstić information content (AvgIpc) is 2.66. The minimum atomic E-state index is -0.366. The van der Waals surface area contributed by atoms with Crippen molar-refractivity contribution in [2.75, 3.05) is 19.4 Å². The summed E-state index contributed by atoms with van der Waals surface area (Å²) >= 11 is 1.31. The normalized spacial score (nSPS) is 12.0. The van der Waals surface area contributed by atoms with Crippen LogP contribution in [-0.2, 0) is 11.3 Å². The smallest absolute Gasteiger partial charge is 0.235 e. The zero-order chi connectivity index (χ0) is 19.4. The molecule has 0 radical (unpaired) electrons. The summed E-state index contributed by atoms with van der Waals surface area (Å²) in [6.45, 7) is 2.18. The number of nitrogens with zero attached hydrogens (tertiary/aromatic N) is 3. The lowest BCUT2D eigenvalue weighted by Gasteiger charge is -2.21. The zero-order valence-corrected chi connectivity index (χ0v) is 16.3. The van der Waals surface area contributed by atoms with Crippen molar-refractivity contribution in [1.82, 2.24) is 14.9 Å². The van der Waals surface area contributed by atoms with Crippen molar-refractivity contribution in [3.63, 3.8) is 0 Å². The highest BCUT2D eigenvalue weighted by atomic mass is 32.2. The van der Waals surface area contributed by atoms with Gasteiger partial charge in [-0.1, -0.05) is 36.0 Å². The second-order valence-corrected chi connectivity index (χ2v) is 7.51. The minimum Gasteiger partial charge on any atom is -0.372 e. The molecule has 0 spiro atoms. The van der Waals surface area contributed by atoms with Gasteiger partial charge in [0, 0.05) is 26.0 Å². The van der Waals surface area contributed by atoms with Gasteiger partial charge >= 0.3 is 0 Å². The number of aromatic nitrogens is 2. The maximum absolute atomic E-state index is 13.3. The molecular formula is C20H21FN4OS. The predicted molar refractivity (Wildman–Crippen MR) is 107 cm³/mol. The molecule has 1 heterocycles. The van der Waals surface area contributed by atoms with Crippen molar-refractivity contribution in [3.05, 3.63) is 59.9 Å². The molecule has 140 valence electrons. The van der Waals surface area contributed by atoms with Crippen LogP contribution in [0.25, 0.3) is 10.9 Å². The van der Waals surface area contributed by atoms with Gasteiger partial charge in [-0.05, 0) is 36.8 Å². The monoisotopic (exact) mass is 384 g/mol. The van der Waals surface area contributed by atoms with Gasteiger partial charge in [-0.15, -0.1) is 0 Å². The van der Waals surface area contributed by atoms with Gasteiger partial charge in [0.15, 0.2) is 5.16 Å². The van der Waals surface area contributed by atoms with Crippen LogP contribution in [0.4, 0.5) is 10.2 Å². The Bertz CT molecular complexity index is 966. The number of fused-ring (bicyclic) bond motifs is 1. The molecule has 5 nitrogen and oxygen atoms in total. The SMILES string of the molecule is CNc1nc(S[C@H](C)C(=O)N(C)Cc2cccc(F)c2)nc2ccccc12. The Balaban J connectivity index is 1.73. The molecular weight excluding hydrogens is 363 g/mol. The first-order valence-electron chi connectivity index (χ1n) is 8.58. The third kappa shape index (κ3) is 4.54. The van der Waals surface area contributed by atoms with E-state index in [0.717, 1.165) is 22.3 Å². The van der Waals surface area contributed by atoms with E-state index in [9.17, 15) is 9.18 Å². The standard InChI is InChI=1S/C20H21FN4OS/c1-13(19(26)25(3)12-14-7-6-8-15(21)11-14)27-20-23-17-10-5-4-9-16(17)18(22-2)24-20/h4-11,13H,12H2,1-3H3,(H,22,23,24)/t13-/m1/s1. The molecule has 0 unspecified atom stereocenters. The number of nitrogens with one attached hydrogen (secondary N) is 1. The first-order valence-corrected chi connectivity index (χ1v) is 9.46. The highest BCUT2D eigenvalue weighted by Gasteiger charge is 2.21. The van der Waals surface area contributed by atoms with Crippen LogP contribution in [0.1, 0.15) is 12.5 Å². The molecule has 0 bridgehead atoms. The van der Waals surface area contributed by atoms with E-state index in [4.69, 9.17) is 0 Å². The molecule has 1 N–H and O–H groups in total. The van der Waals surface area contributed by atoms with Gasteiger partial charge in [-0.2, -0.15) is 0 Å². The molecule has 27 heavy (non-hydrogen) atoms. The van der Waals surface area contributed by atoms with Gasteiger partial charge in [-0.25, -0.2) is 14.4 Å². The molecule has 3 rings (SSSR count). The van der Waals surface area contributed by atoms with E-state index in [2.05, 4.69) is 15.3 Å². The number of hydrogen-bond acceptors (Lipinski definition) is 5. The predicted octanol–water partition coefficient (Wildman–Crippen LogP) is 3.95. The number of amides is 1. The largest absolute Gasteiger partial charge is 0.372 e. The van der Waals surface area contributed by atoms with Crippen molar-refractivity contribution < 1.29 is 9.18 Å². The molecule has 1 aromatic heterocycles. The summed E-state index contributed by atoms with van der Waals surface area (Å²) in [6.07, 6.45) is 0. The maximum Gasteiger partial charge on any atom is 0.235 e. The third-order valence-corrected chi connectivity index (χ3v) is 5.08. The second-order valence-electron chi connectivity index (χ2n) is 6.21. The molecule has 0 saturated heterocycles. The minimum absolute atomic E-state index is 0.0629. The fourth-order valence-electron chi connectivity index (χ4n) is 2.80. The fourth-order valence-corrected chi connectivity index (χ4v) is 3.70. The zero-order valence-electron chi connectivity index (χ0n) is 15.4. The number of carbonyl (C=O) groups excluding carboxylic acids is 1. The van der Waals surface area contributed by atoms with Gasteiger partial charge in [0.1, 0.15) is 11.6 Å². The average molecular weight is 384 g/mol. The van der Waals surface area contributed by atoms with Crippen LogP contribution >= 0.6 is 11.8 Å². The van der Waals surface area contributed by atoms with Crippen LogP contribution < -0.4 is 5.32 Å². The van der Waals surface area contributed by atoms with Gasteiger partial charge in [-0.3, -0.25) is 4.79 Å². The Morgan fingerprint density at radius 2 is 2.00 bits per heavy atom. The van der Waals surface area contributed by atoms with Crippen LogP contribution in [-0.4, -0.2) is 40.1 Å². The van der Waals surface area contributed by atoms with E-state index in [1.165, 1.54) is 23.9 Å². The van der Waals surface area contributed by atoms with Gasteiger partial charge < -0.3 is 10.2 Å². The van der Waals surface area contributed by atoms with E-state index in [0.29, 0.717) is 11.7 Å². The first-order chi connectivity index (χ1) is 13.0. The Hall–Kier alpha value is -2.67. The van der Waals surface area contributed by atoms with E-state index in [1.807, 2.05) is 38.2 Å². The Morgan fingerprint density at radius 3 is 2.74 bits per heavy atom. The Kier molecular flexibility index (Phi) is 5.91. The summed E-state index contributed by atoms with van der Waals surface area (Å²) in [6, 6.07) is 14.0. The van der Waals surface area contributed by atoms with Gasteiger partial charge in [0.2, 0.25) is 5.91 Å². The molecule has 0 saturated carbocycles. The van der Waals surface area contributed by atoms with Crippen molar-refractivity contribution in [2.45, 2.75) is 23.9 Å². The molecule has 0 aliphatic rings. The number of halogens is 1. The van der Waals surface area contributed by atoms with Gasteiger partial charge in [0.25, 0.3) is 0 Å². The lowest BCUT2D eigenvalue weighted by Crippen LogP contribution is -2.32. The molecule has 1 atom stereocenters. The van der Waals surface area contributed by atoms with E-state index in [-0.39, 0.29) is 17.0 Å². The lowest BCUT2D eigenvalue weighted by molar-refractivity contribution is -0.129. The lowest BCUT2D eigenvalue weighted by atomic mass is 10.2. The van der Waals surface area contributed by atoms with Crippen LogP contribution in [0.2, 0.25) is 0 Å². The molecule has 0 aliphatic carbocycles. The van der Waals surface area contributed by atoms with Crippen molar-refractivity contribution >= 4 is 34.4 Å². The van der Waals surface area contributed by atoms with Crippen molar-refractivity contribution in [3.8, 4) is 0 Å². The van der Waals surface area contributed by atoms with Crippen LogP contribution in [0, 0.1) is 5.82 Å². The second kappa shape index (κ2) is 8.35. The number of carbonyl (C=O) groups is 1. The van der Waals surface area contributed by atoms with E-state index in [1.54, 1.807) is 24.1 Å².